The Morgan fingerprint density at radius 3 is 2.85 bits per heavy atom. The molecular weight excluding hydrogens is 271 g/mol. The zero-order valence-electron chi connectivity index (χ0n) is 11.1. The SMILES string of the molecule is Cc1ccc(F)cc1CC(O)c1csc2ccccc12. The highest BCUT2D eigenvalue weighted by atomic mass is 32.1. The lowest BCUT2D eigenvalue weighted by Gasteiger charge is -2.12. The van der Waals surface area contributed by atoms with Crippen molar-refractivity contribution in [2.45, 2.75) is 19.4 Å². The van der Waals surface area contributed by atoms with E-state index < -0.39 is 6.10 Å². The molecule has 3 aromatic rings. The number of halogens is 1. The van der Waals surface area contributed by atoms with Crippen molar-refractivity contribution in [2.75, 3.05) is 0 Å². The van der Waals surface area contributed by atoms with Gasteiger partial charge >= 0.3 is 0 Å². The number of aryl methyl sites for hydroxylation is 1. The van der Waals surface area contributed by atoms with E-state index in [0.717, 1.165) is 26.8 Å². The van der Waals surface area contributed by atoms with Gasteiger partial charge in [0.15, 0.2) is 0 Å². The molecule has 0 amide bonds. The molecule has 0 aliphatic rings. The van der Waals surface area contributed by atoms with E-state index in [1.54, 1.807) is 17.4 Å². The van der Waals surface area contributed by atoms with Crippen molar-refractivity contribution in [2.24, 2.45) is 0 Å². The monoisotopic (exact) mass is 286 g/mol. The summed E-state index contributed by atoms with van der Waals surface area (Å²) in [7, 11) is 0. The van der Waals surface area contributed by atoms with Crippen LogP contribution in [0.5, 0.6) is 0 Å². The highest BCUT2D eigenvalue weighted by molar-refractivity contribution is 7.17. The van der Waals surface area contributed by atoms with Gasteiger partial charge in [0.1, 0.15) is 5.82 Å². The molecule has 0 aliphatic carbocycles. The summed E-state index contributed by atoms with van der Waals surface area (Å²) in [6.07, 6.45) is -0.170. The number of rotatable bonds is 3. The molecule has 1 atom stereocenters. The maximum atomic E-state index is 13.3. The number of fused-ring (bicyclic) bond motifs is 1. The normalized spacial score (nSPS) is 12.8. The molecule has 2 aromatic carbocycles. The fraction of sp³-hybridized carbons (Fsp3) is 0.176. The Bertz CT molecular complexity index is 748. The third kappa shape index (κ3) is 2.47. The smallest absolute Gasteiger partial charge is 0.123 e. The first-order valence-corrected chi connectivity index (χ1v) is 7.42. The van der Waals surface area contributed by atoms with Gasteiger partial charge in [-0.25, -0.2) is 4.39 Å². The highest BCUT2D eigenvalue weighted by Crippen LogP contribution is 2.32. The van der Waals surface area contributed by atoms with Crippen LogP contribution in [0.15, 0.2) is 47.8 Å². The number of aliphatic hydroxyl groups is 1. The summed E-state index contributed by atoms with van der Waals surface area (Å²) in [5, 5.41) is 13.5. The Morgan fingerprint density at radius 2 is 2.00 bits per heavy atom. The van der Waals surface area contributed by atoms with Crippen LogP contribution in [0.4, 0.5) is 4.39 Å². The van der Waals surface area contributed by atoms with Gasteiger partial charge < -0.3 is 5.11 Å². The van der Waals surface area contributed by atoms with Crippen molar-refractivity contribution < 1.29 is 9.50 Å². The third-order valence-electron chi connectivity index (χ3n) is 3.59. The van der Waals surface area contributed by atoms with Gasteiger partial charge in [0.25, 0.3) is 0 Å². The van der Waals surface area contributed by atoms with Crippen LogP contribution in [-0.2, 0) is 6.42 Å². The van der Waals surface area contributed by atoms with Crippen molar-refractivity contribution in [1.29, 1.82) is 0 Å². The zero-order chi connectivity index (χ0) is 14.1. The molecule has 1 heterocycles. The molecule has 0 radical (unpaired) electrons. The molecule has 0 saturated heterocycles. The summed E-state index contributed by atoms with van der Waals surface area (Å²) in [6, 6.07) is 12.7. The molecule has 0 spiro atoms. The van der Waals surface area contributed by atoms with Gasteiger partial charge in [0, 0.05) is 11.1 Å². The first-order valence-electron chi connectivity index (χ1n) is 6.54. The van der Waals surface area contributed by atoms with Crippen LogP contribution in [0, 0.1) is 12.7 Å². The van der Waals surface area contributed by atoms with Gasteiger partial charge in [0.2, 0.25) is 0 Å². The van der Waals surface area contributed by atoms with Gasteiger partial charge in [-0.15, -0.1) is 11.3 Å². The van der Waals surface area contributed by atoms with Crippen LogP contribution >= 0.6 is 11.3 Å². The number of thiophene rings is 1. The molecule has 3 heteroatoms. The Kier molecular flexibility index (Phi) is 3.55. The predicted octanol–water partition coefficient (Wildman–Crippen LogP) is 4.62. The molecule has 0 aliphatic heterocycles. The number of benzene rings is 2. The highest BCUT2D eigenvalue weighted by Gasteiger charge is 2.15. The molecule has 1 aromatic heterocycles. The van der Waals surface area contributed by atoms with Gasteiger partial charge in [-0.1, -0.05) is 24.3 Å². The first-order chi connectivity index (χ1) is 9.65. The second-order valence-electron chi connectivity index (χ2n) is 4.98. The van der Waals surface area contributed by atoms with E-state index in [0.29, 0.717) is 6.42 Å². The molecule has 20 heavy (non-hydrogen) atoms. The summed E-state index contributed by atoms with van der Waals surface area (Å²) < 4.78 is 14.5. The summed E-state index contributed by atoms with van der Waals surface area (Å²) >= 11 is 1.63. The quantitative estimate of drug-likeness (QED) is 0.744. The largest absolute Gasteiger partial charge is 0.388 e. The summed E-state index contributed by atoms with van der Waals surface area (Å²) in [4.78, 5) is 0. The Labute approximate surface area is 121 Å². The minimum absolute atomic E-state index is 0.257. The fourth-order valence-corrected chi connectivity index (χ4v) is 3.44. The third-order valence-corrected chi connectivity index (χ3v) is 4.58. The van der Waals surface area contributed by atoms with Crippen LogP contribution in [0.3, 0.4) is 0 Å². The van der Waals surface area contributed by atoms with E-state index in [9.17, 15) is 9.50 Å². The maximum absolute atomic E-state index is 13.3. The first kappa shape index (κ1) is 13.3. The van der Waals surface area contributed by atoms with Crippen LogP contribution in [-0.4, -0.2) is 5.11 Å². The minimum atomic E-state index is -0.605. The number of hydrogen-bond donors (Lipinski definition) is 1. The molecule has 102 valence electrons. The number of hydrogen-bond acceptors (Lipinski definition) is 2. The van der Waals surface area contributed by atoms with Crippen LogP contribution in [0.25, 0.3) is 10.1 Å². The van der Waals surface area contributed by atoms with Crippen LogP contribution < -0.4 is 0 Å². The molecule has 1 unspecified atom stereocenters. The summed E-state index contributed by atoms with van der Waals surface area (Å²) in [5.74, 6) is -0.257. The van der Waals surface area contributed by atoms with Gasteiger partial charge in [-0.2, -0.15) is 0 Å². The molecule has 3 rings (SSSR count). The van der Waals surface area contributed by atoms with Crippen molar-refractivity contribution >= 4 is 21.4 Å². The van der Waals surface area contributed by atoms with Gasteiger partial charge in [-0.3, -0.25) is 0 Å². The second-order valence-corrected chi connectivity index (χ2v) is 5.89. The van der Waals surface area contributed by atoms with Crippen molar-refractivity contribution in [3.8, 4) is 0 Å². The molecule has 0 bridgehead atoms. The lowest BCUT2D eigenvalue weighted by molar-refractivity contribution is 0.180. The Balaban J connectivity index is 1.93. The standard InChI is InChI=1S/C17H15FOS/c1-11-6-7-13(18)8-12(11)9-16(19)15-10-20-17-5-3-2-4-14(15)17/h2-8,10,16,19H,9H2,1H3. The average molecular weight is 286 g/mol. The lowest BCUT2D eigenvalue weighted by atomic mass is 9.98. The van der Waals surface area contributed by atoms with E-state index >= 15 is 0 Å². The Morgan fingerprint density at radius 1 is 1.20 bits per heavy atom. The molecule has 0 saturated carbocycles. The van der Waals surface area contributed by atoms with E-state index in [1.165, 1.54) is 12.1 Å². The topological polar surface area (TPSA) is 20.2 Å². The van der Waals surface area contributed by atoms with Crippen molar-refractivity contribution in [3.63, 3.8) is 0 Å². The minimum Gasteiger partial charge on any atom is -0.388 e. The molecule has 1 N–H and O–H groups in total. The van der Waals surface area contributed by atoms with Gasteiger partial charge in [0.05, 0.1) is 6.10 Å². The van der Waals surface area contributed by atoms with E-state index in [2.05, 4.69) is 0 Å². The summed E-state index contributed by atoms with van der Waals surface area (Å²) in [6.45, 7) is 1.94. The van der Waals surface area contributed by atoms with Crippen molar-refractivity contribution in [3.05, 3.63) is 70.4 Å². The second kappa shape index (κ2) is 5.35. The summed E-state index contributed by atoms with van der Waals surface area (Å²) in [5.41, 5.74) is 2.78. The van der Waals surface area contributed by atoms with Crippen LogP contribution in [0.1, 0.15) is 22.8 Å². The Hall–Kier alpha value is -1.71. The van der Waals surface area contributed by atoms with Gasteiger partial charge in [-0.05, 0) is 52.6 Å². The fourth-order valence-electron chi connectivity index (χ4n) is 2.43. The van der Waals surface area contributed by atoms with Crippen molar-refractivity contribution in [1.82, 2.24) is 0 Å². The van der Waals surface area contributed by atoms with E-state index in [1.807, 2.05) is 36.6 Å². The molecule has 1 nitrogen and oxygen atoms in total. The van der Waals surface area contributed by atoms with E-state index in [4.69, 9.17) is 0 Å². The predicted molar refractivity (Wildman–Crippen MR) is 81.6 cm³/mol. The molecule has 0 fully saturated rings. The van der Waals surface area contributed by atoms with Crippen LogP contribution in [0.2, 0.25) is 0 Å². The molecular formula is C17H15FOS. The zero-order valence-corrected chi connectivity index (χ0v) is 12.0. The van der Waals surface area contributed by atoms with E-state index in [-0.39, 0.29) is 5.82 Å². The maximum Gasteiger partial charge on any atom is 0.123 e. The number of aliphatic hydroxyl groups excluding tert-OH is 1. The lowest BCUT2D eigenvalue weighted by Crippen LogP contribution is -2.03. The average Bonchev–Trinajstić information content (AvgIpc) is 2.87.